The van der Waals surface area contributed by atoms with Crippen molar-refractivity contribution in [2.75, 3.05) is 5.32 Å². The highest BCUT2D eigenvalue weighted by Gasteiger charge is 2.14. The molecular weight excluding hydrogens is 452 g/mol. The van der Waals surface area contributed by atoms with Crippen molar-refractivity contribution in [1.29, 1.82) is 0 Å². The van der Waals surface area contributed by atoms with Crippen LogP contribution in [0.1, 0.15) is 79.9 Å². The molecule has 1 aromatic heterocycles. The first-order chi connectivity index (χ1) is 17.4. The molecule has 1 N–H and O–H groups in total. The number of nitrogens with zero attached hydrogens (tertiary/aromatic N) is 3. The molecule has 0 aliphatic rings. The predicted molar refractivity (Wildman–Crippen MR) is 163 cm³/mol. The van der Waals surface area contributed by atoms with Gasteiger partial charge in [-0.1, -0.05) is 90.1 Å². The van der Waals surface area contributed by atoms with E-state index in [1.807, 2.05) is 11.6 Å². The van der Waals surface area contributed by atoms with Gasteiger partial charge in [0.1, 0.15) is 5.82 Å². The van der Waals surface area contributed by atoms with Crippen LogP contribution in [0.2, 0.25) is 0 Å². The maximum Gasteiger partial charge on any atom is 0.163 e. The average Bonchev–Trinajstić information content (AvgIpc) is 3.11. The monoisotopic (exact) mass is 500 g/mol. The van der Waals surface area contributed by atoms with Gasteiger partial charge in [0.05, 0.1) is 11.0 Å². The van der Waals surface area contributed by atoms with E-state index >= 15 is 0 Å². The SMILES string of the molecule is C=C(/N=c1\c(=C/C)c(=C)n(CC)n1C(=C)/C=C\C(C)=C(/C)C(C)(C)C)Nc1ccc(CC)c(CCC)c1. The highest BCUT2D eigenvalue weighted by molar-refractivity contribution is 5.56. The number of allylic oxidation sites excluding steroid dienone is 5. The summed E-state index contributed by atoms with van der Waals surface area (Å²) in [6.07, 6.45) is 9.48. The lowest BCUT2D eigenvalue weighted by atomic mass is 9.85. The van der Waals surface area contributed by atoms with Crippen molar-refractivity contribution in [3.05, 3.63) is 87.7 Å². The number of rotatable bonds is 10. The Labute approximate surface area is 224 Å². The molecule has 0 unspecified atom stereocenters. The summed E-state index contributed by atoms with van der Waals surface area (Å²) in [5, 5.41) is 5.30. The second-order valence-corrected chi connectivity index (χ2v) is 10.7. The van der Waals surface area contributed by atoms with E-state index in [-0.39, 0.29) is 5.41 Å². The van der Waals surface area contributed by atoms with E-state index in [1.54, 1.807) is 0 Å². The zero-order valence-corrected chi connectivity index (χ0v) is 24.8. The molecule has 200 valence electrons. The van der Waals surface area contributed by atoms with Crippen molar-refractivity contribution < 1.29 is 0 Å². The molecule has 0 aliphatic heterocycles. The first-order valence-electron chi connectivity index (χ1n) is 13.5. The molecule has 1 aromatic carbocycles. The van der Waals surface area contributed by atoms with Gasteiger partial charge in [0.2, 0.25) is 0 Å². The van der Waals surface area contributed by atoms with Gasteiger partial charge in [-0.05, 0) is 75.3 Å². The number of nitrogens with one attached hydrogen (secondary N) is 1. The number of aryl methyl sites for hydroxylation is 2. The zero-order valence-electron chi connectivity index (χ0n) is 24.8. The lowest BCUT2D eigenvalue weighted by molar-refractivity contribution is 0.500. The van der Waals surface area contributed by atoms with Crippen LogP contribution in [0.25, 0.3) is 18.4 Å². The summed E-state index contributed by atoms with van der Waals surface area (Å²) in [6, 6.07) is 6.54. The smallest absolute Gasteiger partial charge is 0.163 e. The fourth-order valence-electron chi connectivity index (χ4n) is 4.53. The van der Waals surface area contributed by atoms with Crippen LogP contribution in [0.4, 0.5) is 5.69 Å². The van der Waals surface area contributed by atoms with Gasteiger partial charge in [-0.3, -0.25) is 4.68 Å². The third-order valence-electron chi connectivity index (χ3n) is 7.04. The van der Waals surface area contributed by atoms with E-state index in [2.05, 4.69) is 122 Å². The van der Waals surface area contributed by atoms with E-state index in [9.17, 15) is 0 Å². The Hall–Kier alpha value is -3.27. The van der Waals surface area contributed by atoms with Gasteiger partial charge in [-0.15, -0.1) is 0 Å². The van der Waals surface area contributed by atoms with Crippen molar-refractivity contribution in [3.8, 4) is 0 Å². The van der Waals surface area contributed by atoms with Crippen LogP contribution in [0.5, 0.6) is 0 Å². The predicted octanol–water partition coefficient (Wildman–Crippen LogP) is 6.93. The van der Waals surface area contributed by atoms with Gasteiger partial charge in [-0.2, -0.15) is 0 Å². The molecule has 0 bridgehead atoms. The molecule has 0 saturated carbocycles. The molecule has 37 heavy (non-hydrogen) atoms. The Morgan fingerprint density at radius 1 is 1.05 bits per heavy atom. The van der Waals surface area contributed by atoms with Crippen LogP contribution < -0.4 is 21.4 Å². The summed E-state index contributed by atoms with van der Waals surface area (Å²) in [7, 11) is 0. The van der Waals surface area contributed by atoms with Crippen molar-refractivity contribution in [2.45, 2.75) is 88.1 Å². The molecule has 0 fully saturated rings. The van der Waals surface area contributed by atoms with Crippen LogP contribution in [-0.4, -0.2) is 9.36 Å². The van der Waals surface area contributed by atoms with E-state index in [0.29, 0.717) is 5.82 Å². The molecule has 2 rings (SSSR count). The highest BCUT2D eigenvalue weighted by Crippen LogP contribution is 2.28. The van der Waals surface area contributed by atoms with Gasteiger partial charge >= 0.3 is 0 Å². The number of benzene rings is 1. The summed E-state index contributed by atoms with van der Waals surface area (Å²) >= 11 is 0. The summed E-state index contributed by atoms with van der Waals surface area (Å²) in [5.74, 6) is 0.577. The largest absolute Gasteiger partial charge is 0.341 e. The maximum absolute atomic E-state index is 4.95. The van der Waals surface area contributed by atoms with Crippen molar-refractivity contribution in [1.82, 2.24) is 9.36 Å². The maximum atomic E-state index is 4.95. The van der Waals surface area contributed by atoms with Crippen LogP contribution >= 0.6 is 0 Å². The van der Waals surface area contributed by atoms with E-state index in [0.717, 1.165) is 53.2 Å². The van der Waals surface area contributed by atoms with Crippen molar-refractivity contribution in [3.63, 3.8) is 0 Å². The first-order valence-corrected chi connectivity index (χ1v) is 13.5. The molecular formula is C33H48N4. The van der Waals surface area contributed by atoms with E-state index in [4.69, 9.17) is 4.99 Å². The summed E-state index contributed by atoms with van der Waals surface area (Å²) < 4.78 is 4.16. The Balaban J connectivity index is 2.58. The van der Waals surface area contributed by atoms with Gasteiger partial charge in [-0.25, -0.2) is 9.67 Å². The summed E-state index contributed by atoms with van der Waals surface area (Å²) in [6.45, 7) is 33.3. The first kappa shape index (κ1) is 30.0. The fraction of sp³-hybridized carbons (Fsp3) is 0.424. The Kier molecular flexibility index (Phi) is 10.4. The summed E-state index contributed by atoms with van der Waals surface area (Å²) in [5.41, 5.74) is 8.09. The van der Waals surface area contributed by atoms with Gasteiger partial charge in [0.15, 0.2) is 5.49 Å². The minimum Gasteiger partial charge on any atom is -0.341 e. The molecule has 0 saturated heterocycles. The molecule has 1 heterocycles. The molecule has 0 spiro atoms. The minimum atomic E-state index is 0.119. The number of anilines is 1. The molecule has 2 aromatic rings. The summed E-state index contributed by atoms with van der Waals surface area (Å²) in [4.78, 5) is 4.95. The number of aromatic nitrogens is 2. The van der Waals surface area contributed by atoms with Crippen molar-refractivity contribution >= 4 is 24.0 Å². The average molecular weight is 501 g/mol. The lowest BCUT2D eigenvalue weighted by Gasteiger charge is -2.21. The van der Waals surface area contributed by atoms with Gasteiger partial charge in [0, 0.05) is 17.5 Å². The van der Waals surface area contributed by atoms with E-state index < -0.39 is 0 Å². The van der Waals surface area contributed by atoms with Crippen LogP contribution in [0.15, 0.2) is 65.5 Å². The van der Waals surface area contributed by atoms with Crippen LogP contribution in [0.3, 0.4) is 0 Å². The molecule has 4 nitrogen and oxygen atoms in total. The molecule has 4 heteroatoms. The van der Waals surface area contributed by atoms with E-state index in [1.165, 1.54) is 22.3 Å². The fourth-order valence-corrected chi connectivity index (χ4v) is 4.53. The zero-order chi connectivity index (χ0) is 27.9. The number of hydrogen-bond donors (Lipinski definition) is 1. The topological polar surface area (TPSA) is 34.2 Å². The lowest BCUT2D eigenvalue weighted by Crippen LogP contribution is -2.35. The van der Waals surface area contributed by atoms with Gasteiger partial charge < -0.3 is 5.32 Å². The van der Waals surface area contributed by atoms with Crippen molar-refractivity contribution in [2.24, 2.45) is 10.4 Å². The third kappa shape index (κ3) is 7.15. The third-order valence-corrected chi connectivity index (χ3v) is 7.04. The standard InChI is InChI=1S/C33H48N4/c1-13-17-29-22-30(21-20-28(29)14-2)34-27(9)35-32-31(15-3)26(8)36(16-4)37(32)24(6)19-18-23(5)25(7)33(10,11)12/h15,18-22,34H,6,8-9,13-14,16-17H2,1-5,7,10-12H3/b19-18-,25-23+,31-15-,35-32+. The second kappa shape index (κ2) is 12.8. The molecule has 0 radical (unpaired) electrons. The van der Waals surface area contributed by atoms with Crippen LogP contribution in [-0.2, 0) is 19.4 Å². The highest BCUT2D eigenvalue weighted by atomic mass is 15.4. The molecule has 0 atom stereocenters. The van der Waals surface area contributed by atoms with Gasteiger partial charge in [0.25, 0.3) is 0 Å². The Morgan fingerprint density at radius 2 is 1.73 bits per heavy atom. The molecule has 0 aliphatic carbocycles. The second-order valence-electron chi connectivity index (χ2n) is 10.7. The normalized spacial score (nSPS) is 13.9. The van der Waals surface area contributed by atoms with Crippen LogP contribution in [0, 0.1) is 5.41 Å². The quantitative estimate of drug-likeness (QED) is 0.353. The molecule has 0 amide bonds. The Morgan fingerprint density at radius 3 is 2.27 bits per heavy atom. The Bertz CT molecular complexity index is 1380. The minimum absolute atomic E-state index is 0.119. The number of hydrogen-bond acceptors (Lipinski definition) is 2.